The number of nitrogens with one attached hydrogen (secondary N) is 1. The molecule has 1 aliphatic heterocycles. The Hall–Kier alpha value is -2.94. The van der Waals surface area contributed by atoms with Crippen LogP contribution in [0.1, 0.15) is 32.2 Å². The predicted octanol–water partition coefficient (Wildman–Crippen LogP) is 1.84. The van der Waals surface area contributed by atoms with E-state index in [0.717, 1.165) is 27.6 Å². The Labute approximate surface area is 154 Å². The number of aryl methyl sites for hydroxylation is 1. The van der Waals surface area contributed by atoms with E-state index in [1.807, 2.05) is 6.92 Å². The van der Waals surface area contributed by atoms with E-state index >= 15 is 0 Å². The van der Waals surface area contributed by atoms with Crippen LogP contribution in [0.5, 0.6) is 0 Å². The molecule has 3 aromatic heterocycles. The molecule has 0 aromatic carbocycles. The van der Waals surface area contributed by atoms with Crippen molar-refractivity contribution >= 4 is 23.3 Å². The molecule has 0 atom stereocenters. The molecule has 0 spiro atoms. The molecule has 132 valence electrons. The molecule has 1 N–H and O–H groups in total. The van der Waals surface area contributed by atoms with Gasteiger partial charge in [-0.15, -0.1) is 5.10 Å². The van der Waals surface area contributed by atoms with Crippen molar-refractivity contribution in [2.45, 2.75) is 26.4 Å². The van der Waals surface area contributed by atoms with Crippen LogP contribution in [-0.2, 0) is 19.5 Å². The lowest BCUT2D eigenvalue weighted by Crippen LogP contribution is -2.37. The van der Waals surface area contributed by atoms with Crippen LogP contribution in [0.4, 0.5) is 5.82 Å². The van der Waals surface area contributed by atoms with E-state index in [1.165, 1.54) is 17.9 Å². The van der Waals surface area contributed by atoms with Crippen molar-refractivity contribution in [1.82, 2.24) is 29.4 Å². The summed E-state index contributed by atoms with van der Waals surface area (Å²) in [6.07, 6.45) is 5.51. The van der Waals surface area contributed by atoms with Gasteiger partial charge in [-0.05, 0) is 37.0 Å². The fourth-order valence-electron chi connectivity index (χ4n) is 2.93. The van der Waals surface area contributed by atoms with Crippen molar-refractivity contribution in [3.63, 3.8) is 0 Å². The number of hydrogen-bond acceptors (Lipinski definition) is 8. The Morgan fingerprint density at radius 2 is 2.31 bits per heavy atom. The Morgan fingerprint density at radius 3 is 3.08 bits per heavy atom. The van der Waals surface area contributed by atoms with Crippen LogP contribution in [0, 0.1) is 6.92 Å². The van der Waals surface area contributed by atoms with Crippen LogP contribution in [-0.4, -0.2) is 41.9 Å². The molecule has 3 aromatic rings. The topological polar surface area (TPSA) is 96.8 Å². The third-order valence-corrected chi connectivity index (χ3v) is 5.19. The van der Waals surface area contributed by atoms with Crippen molar-refractivity contribution in [2.24, 2.45) is 0 Å². The number of rotatable bonds is 4. The average Bonchev–Trinajstić information content (AvgIpc) is 3.10. The predicted molar refractivity (Wildman–Crippen MR) is 96.7 cm³/mol. The second-order valence-corrected chi connectivity index (χ2v) is 6.84. The molecule has 1 aliphatic rings. The van der Waals surface area contributed by atoms with Gasteiger partial charge in [-0.2, -0.15) is 0 Å². The number of carbonyl (C=O) groups is 1. The van der Waals surface area contributed by atoms with Gasteiger partial charge >= 0.3 is 0 Å². The summed E-state index contributed by atoms with van der Waals surface area (Å²) in [4.78, 5) is 28.3. The Morgan fingerprint density at radius 1 is 1.38 bits per heavy atom. The SMILES string of the molecule is Cc1nnsc1CNc1ncnc2c1CCN(C(=O)c1cccnc1)C2. The van der Waals surface area contributed by atoms with Crippen LogP contribution < -0.4 is 5.32 Å². The highest BCUT2D eigenvalue weighted by Gasteiger charge is 2.25. The second kappa shape index (κ2) is 7.12. The number of fused-ring (bicyclic) bond motifs is 1. The normalized spacial score (nSPS) is 13.3. The van der Waals surface area contributed by atoms with Crippen molar-refractivity contribution in [3.8, 4) is 0 Å². The van der Waals surface area contributed by atoms with Crippen molar-refractivity contribution in [3.05, 3.63) is 58.2 Å². The number of anilines is 1. The van der Waals surface area contributed by atoms with E-state index in [-0.39, 0.29) is 5.91 Å². The van der Waals surface area contributed by atoms with Crippen LogP contribution in [0.3, 0.4) is 0 Å². The van der Waals surface area contributed by atoms with Crippen LogP contribution in [0.25, 0.3) is 0 Å². The maximum atomic E-state index is 12.6. The monoisotopic (exact) mass is 367 g/mol. The fraction of sp³-hybridized carbons (Fsp3) is 0.294. The van der Waals surface area contributed by atoms with Crippen LogP contribution >= 0.6 is 11.5 Å². The van der Waals surface area contributed by atoms with Crippen LogP contribution in [0.2, 0.25) is 0 Å². The molecule has 0 saturated carbocycles. The van der Waals surface area contributed by atoms with Crippen LogP contribution in [0.15, 0.2) is 30.9 Å². The van der Waals surface area contributed by atoms with Gasteiger partial charge in [0.1, 0.15) is 12.1 Å². The molecule has 1 amide bonds. The number of hydrogen-bond donors (Lipinski definition) is 1. The summed E-state index contributed by atoms with van der Waals surface area (Å²) in [7, 11) is 0. The lowest BCUT2D eigenvalue weighted by atomic mass is 10.0. The molecule has 0 unspecified atom stereocenters. The molecule has 0 radical (unpaired) electrons. The maximum Gasteiger partial charge on any atom is 0.255 e. The average molecular weight is 367 g/mol. The molecule has 9 heteroatoms. The van der Waals surface area contributed by atoms with Gasteiger partial charge in [0.05, 0.1) is 34.9 Å². The van der Waals surface area contributed by atoms with Crippen molar-refractivity contribution in [2.75, 3.05) is 11.9 Å². The summed E-state index contributed by atoms with van der Waals surface area (Å²) < 4.78 is 3.95. The lowest BCUT2D eigenvalue weighted by molar-refractivity contribution is 0.0731. The Balaban J connectivity index is 1.50. The molecule has 26 heavy (non-hydrogen) atoms. The fourth-order valence-corrected chi connectivity index (χ4v) is 3.50. The van der Waals surface area contributed by atoms with Gasteiger partial charge in [-0.3, -0.25) is 9.78 Å². The third-order valence-electron chi connectivity index (χ3n) is 4.36. The standard InChI is InChI=1S/C17H17N7OS/c1-11-15(26-23-22-11)8-19-16-13-4-6-24(9-14(13)20-10-21-16)17(25)12-3-2-5-18-7-12/h2-3,5,7,10H,4,6,8-9H2,1H3,(H,19,20,21). The first-order valence-corrected chi connectivity index (χ1v) is 9.03. The van der Waals surface area contributed by atoms with Gasteiger partial charge in [0, 0.05) is 24.5 Å². The molecule has 4 heterocycles. The molecule has 4 rings (SSSR count). The molecule has 0 fully saturated rings. The molecular weight excluding hydrogens is 350 g/mol. The summed E-state index contributed by atoms with van der Waals surface area (Å²) in [5.41, 5.74) is 3.47. The summed E-state index contributed by atoms with van der Waals surface area (Å²) in [5, 5.41) is 7.38. The maximum absolute atomic E-state index is 12.6. The van der Waals surface area contributed by atoms with Gasteiger partial charge in [0.15, 0.2) is 0 Å². The number of amides is 1. The molecule has 8 nitrogen and oxygen atoms in total. The number of nitrogens with zero attached hydrogens (tertiary/aromatic N) is 6. The number of carbonyl (C=O) groups excluding carboxylic acids is 1. The second-order valence-electron chi connectivity index (χ2n) is 6.00. The molecule has 0 bridgehead atoms. The smallest absolute Gasteiger partial charge is 0.255 e. The third kappa shape index (κ3) is 3.25. The first kappa shape index (κ1) is 16.5. The van der Waals surface area contributed by atoms with E-state index in [9.17, 15) is 4.79 Å². The van der Waals surface area contributed by atoms with Gasteiger partial charge in [-0.25, -0.2) is 9.97 Å². The summed E-state index contributed by atoms with van der Waals surface area (Å²) >= 11 is 1.38. The van der Waals surface area contributed by atoms with E-state index in [0.29, 0.717) is 31.6 Å². The Bertz CT molecular complexity index is 928. The Kier molecular flexibility index (Phi) is 4.53. The quantitative estimate of drug-likeness (QED) is 0.751. The molecular formula is C17H17N7OS. The van der Waals surface area contributed by atoms with E-state index < -0.39 is 0 Å². The van der Waals surface area contributed by atoms with Gasteiger partial charge in [0.25, 0.3) is 5.91 Å². The highest BCUT2D eigenvalue weighted by Crippen LogP contribution is 2.24. The van der Waals surface area contributed by atoms with E-state index in [1.54, 1.807) is 29.4 Å². The van der Waals surface area contributed by atoms with Crippen molar-refractivity contribution < 1.29 is 4.79 Å². The minimum Gasteiger partial charge on any atom is -0.365 e. The zero-order valence-corrected chi connectivity index (χ0v) is 15.0. The highest BCUT2D eigenvalue weighted by molar-refractivity contribution is 7.05. The zero-order chi connectivity index (χ0) is 17.9. The summed E-state index contributed by atoms with van der Waals surface area (Å²) in [6, 6.07) is 3.55. The zero-order valence-electron chi connectivity index (χ0n) is 14.2. The number of aromatic nitrogens is 5. The first-order valence-electron chi connectivity index (χ1n) is 8.26. The van der Waals surface area contributed by atoms with Gasteiger partial charge in [0.2, 0.25) is 0 Å². The number of pyridine rings is 1. The molecule has 0 saturated heterocycles. The summed E-state index contributed by atoms with van der Waals surface area (Å²) in [5.74, 6) is 0.791. The lowest BCUT2D eigenvalue weighted by Gasteiger charge is -2.29. The molecule has 0 aliphatic carbocycles. The van der Waals surface area contributed by atoms with E-state index in [2.05, 4.69) is 29.9 Å². The minimum atomic E-state index is -0.0248. The highest BCUT2D eigenvalue weighted by atomic mass is 32.1. The largest absolute Gasteiger partial charge is 0.365 e. The van der Waals surface area contributed by atoms with E-state index in [4.69, 9.17) is 0 Å². The minimum absolute atomic E-state index is 0.0248. The summed E-state index contributed by atoms with van der Waals surface area (Å²) in [6.45, 7) is 3.68. The van der Waals surface area contributed by atoms with Gasteiger partial charge < -0.3 is 10.2 Å². The van der Waals surface area contributed by atoms with Crippen molar-refractivity contribution in [1.29, 1.82) is 0 Å². The first-order chi connectivity index (χ1) is 12.7. The van der Waals surface area contributed by atoms with Gasteiger partial charge in [-0.1, -0.05) is 4.49 Å².